The number of benzene rings is 1. The minimum atomic E-state index is -0.218. The van der Waals surface area contributed by atoms with Gasteiger partial charge >= 0.3 is 0 Å². The zero-order chi connectivity index (χ0) is 18.7. The lowest BCUT2D eigenvalue weighted by atomic mass is 10.1. The molecule has 136 valence electrons. The van der Waals surface area contributed by atoms with Crippen molar-refractivity contribution in [2.24, 2.45) is 0 Å². The third-order valence-electron chi connectivity index (χ3n) is 4.26. The van der Waals surface area contributed by atoms with Gasteiger partial charge in [-0.2, -0.15) is 0 Å². The van der Waals surface area contributed by atoms with Crippen molar-refractivity contribution in [2.75, 3.05) is 7.11 Å². The van der Waals surface area contributed by atoms with Crippen LogP contribution in [0.5, 0.6) is 5.75 Å². The van der Waals surface area contributed by atoms with Crippen molar-refractivity contribution in [2.45, 2.75) is 39.3 Å². The van der Waals surface area contributed by atoms with Gasteiger partial charge in [0.05, 0.1) is 19.6 Å². The molecule has 0 unspecified atom stereocenters. The van der Waals surface area contributed by atoms with Crippen molar-refractivity contribution < 1.29 is 9.53 Å². The maximum atomic E-state index is 12.5. The Bertz CT molecular complexity index is 917. The average Bonchev–Trinajstić information content (AvgIpc) is 3.01. The van der Waals surface area contributed by atoms with Gasteiger partial charge in [-0.1, -0.05) is 12.1 Å². The Morgan fingerprint density at radius 2 is 2.04 bits per heavy atom. The van der Waals surface area contributed by atoms with Crippen LogP contribution < -0.4 is 10.1 Å². The summed E-state index contributed by atoms with van der Waals surface area (Å²) in [5.41, 5.74) is 2.59. The highest BCUT2D eigenvalue weighted by atomic mass is 16.5. The lowest BCUT2D eigenvalue weighted by Gasteiger charge is -2.18. The van der Waals surface area contributed by atoms with Gasteiger partial charge in [0.15, 0.2) is 5.65 Å². The van der Waals surface area contributed by atoms with E-state index < -0.39 is 0 Å². The van der Waals surface area contributed by atoms with E-state index >= 15 is 0 Å². The van der Waals surface area contributed by atoms with E-state index in [0.29, 0.717) is 6.42 Å². The van der Waals surface area contributed by atoms with E-state index in [1.165, 1.54) is 0 Å². The summed E-state index contributed by atoms with van der Waals surface area (Å²) in [5.74, 6) is 1.50. The van der Waals surface area contributed by atoms with Crippen LogP contribution in [0.25, 0.3) is 11.2 Å². The zero-order valence-electron chi connectivity index (χ0n) is 15.6. The normalized spacial score (nSPS) is 12.3. The van der Waals surface area contributed by atoms with Crippen molar-refractivity contribution in [1.29, 1.82) is 0 Å². The second kappa shape index (κ2) is 7.56. The first-order valence-corrected chi connectivity index (χ1v) is 8.74. The number of methoxy groups -OCH3 is 1. The number of hydrogen-bond donors (Lipinski definition) is 1. The number of hydrogen-bond acceptors (Lipinski definition) is 4. The van der Waals surface area contributed by atoms with Crippen molar-refractivity contribution in [3.63, 3.8) is 0 Å². The van der Waals surface area contributed by atoms with Gasteiger partial charge < -0.3 is 14.6 Å². The third kappa shape index (κ3) is 3.69. The maximum Gasteiger partial charge on any atom is 0.224 e. The Balaban J connectivity index is 1.79. The standard InChI is InChI=1S/C20H24N4O2/c1-13(2)24-19(23-17-9-6-10-21-20(17)24)14(3)22-18(25)12-15-7-5-8-16(11-15)26-4/h5-11,13-14H,12H2,1-4H3,(H,22,25)/t14-/m1/s1. The number of carbonyl (C=O) groups is 1. The first kappa shape index (κ1) is 17.9. The molecule has 0 bridgehead atoms. The molecule has 3 rings (SSSR count). The molecular weight excluding hydrogens is 328 g/mol. The predicted molar refractivity (Wildman–Crippen MR) is 101 cm³/mol. The zero-order valence-corrected chi connectivity index (χ0v) is 15.6. The van der Waals surface area contributed by atoms with Crippen LogP contribution in [0.1, 0.15) is 44.2 Å². The highest BCUT2D eigenvalue weighted by Crippen LogP contribution is 2.23. The van der Waals surface area contributed by atoms with Crippen LogP contribution in [0.2, 0.25) is 0 Å². The molecule has 1 aromatic carbocycles. The molecule has 0 aliphatic heterocycles. The Kier molecular flexibility index (Phi) is 5.21. The maximum absolute atomic E-state index is 12.5. The lowest BCUT2D eigenvalue weighted by molar-refractivity contribution is -0.121. The second-order valence-corrected chi connectivity index (χ2v) is 6.60. The van der Waals surface area contributed by atoms with Crippen LogP contribution >= 0.6 is 0 Å². The van der Waals surface area contributed by atoms with Crippen LogP contribution in [-0.4, -0.2) is 27.6 Å². The van der Waals surface area contributed by atoms with Crippen molar-refractivity contribution in [3.8, 4) is 5.75 Å². The summed E-state index contributed by atoms with van der Waals surface area (Å²) in [6.07, 6.45) is 2.06. The van der Waals surface area contributed by atoms with Gasteiger partial charge in [-0.3, -0.25) is 4.79 Å². The van der Waals surface area contributed by atoms with Crippen molar-refractivity contribution >= 4 is 17.1 Å². The monoisotopic (exact) mass is 352 g/mol. The van der Waals surface area contributed by atoms with E-state index in [1.54, 1.807) is 13.3 Å². The summed E-state index contributed by atoms with van der Waals surface area (Å²) in [4.78, 5) is 21.6. The van der Waals surface area contributed by atoms with Crippen LogP contribution in [0.4, 0.5) is 0 Å². The molecular formula is C20H24N4O2. The minimum Gasteiger partial charge on any atom is -0.497 e. The molecule has 1 atom stereocenters. The summed E-state index contributed by atoms with van der Waals surface area (Å²) in [6, 6.07) is 11.3. The topological polar surface area (TPSA) is 69.0 Å². The Hall–Kier alpha value is -2.89. The van der Waals surface area contributed by atoms with E-state index in [0.717, 1.165) is 28.3 Å². The van der Waals surface area contributed by atoms with E-state index in [2.05, 4.69) is 33.7 Å². The lowest BCUT2D eigenvalue weighted by Crippen LogP contribution is -2.30. The van der Waals surface area contributed by atoms with Crippen LogP contribution in [0, 0.1) is 0 Å². The summed E-state index contributed by atoms with van der Waals surface area (Å²) < 4.78 is 7.29. The largest absolute Gasteiger partial charge is 0.497 e. The fraction of sp³-hybridized carbons (Fsp3) is 0.350. The number of imidazole rings is 1. The summed E-state index contributed by atoms with van der Waals surface area (Å²) in [5, 5.41) is 3.05. The minimum absolute atomic E-state index is 0.0546. The molecule has 0 aliphatic carbocycles. The summed E-state index contributed by atoms with van der Waals surface area (Å²) in [6.45, 7) is 6.12. The van der Waals surface area contributed by atoms with Crippen LogP contribution in [-0.2, 0) is 11.2 Å². The number of nitrogens with one attached hydrogen (secondary N) is 1. The number of amides is 1. The van der Waals surface area contributed by atoms with Gasteiger partial charge in [-0.05, 0) is 50.6 Å². The quantitative estimate of drug-likeness (QED) is 0.738. The molecule has 2 heterocycles. The number of carbonyl (C=O) groups excluding carboxylic acids is 1. The number of aromatic nitrogens is 3. The molecule has 3 aromatic rings. The molecule has 0 fully saturated rings. The Morgan fingerprint density at radius 3 is 2.77 bits per heavy atom. The van der Waals surface area contributed by atoms with Crippen molar-refractivity contribution in [3.05, 3.63) is 54.0 Å². The highest BCUT2D eigenvalue weighted by Gasteiger charge is 2.20. The molecule has 26 heavy (non-hydrogen) atoms. The average molecular weight is 352 g/mol. The fourth-order valence-electron chi connectivity index (χ4n) is 3.09. The Morgan fingerprint density at radius 1 is 1.23 bits per heavy atom. The van der Waals surface area contributed by atoms with Gasteiger partial charge in [0.1, 0.15) is 17.1 Å². The summed E-state index contributed by atoms with van der Waals surface area (Å²) in [7, 11) is 1.62. The molecule has 1 N–H and O–H groups in total. The smallest absolute Gasteiger partial charge is 0.224 e. The number of ether oxygens (including phenoxy) is 1. The molecule has 0 saturated carbocycles. The van der Waals surface area contributed by atoms with Crippen LogP contribution in [0.3, 0.4) is 0 Å². The second-order valence-electron chi connectivity index (χ2n) is 6.60. The first-order chi connectivity index (χ1) is 12.5. The number of rotatable bonds is 6. The molecule has 0 aliphatic rings. The summed E-state index contributed by atoms with van der Waals surface area (Å²) >= 11 is 0. The molecule has 6 nitrogen and oxygen atoms in total. The molecule has 2 aromatic heterocycles. The van der Waals surface area contributed by atoms with Crippen LogP contribution in [0.15, 0.2) is 42.6 Å². The highest BCUT2D eigenvalue weighted by molar-refractivity contribution is 5.79. The molecule has 0 saturated heterocycles. The Labute approximate surface area is 153 Å². The predicted octanol–water partition coefficient (Wildman–Crippen LogP) is 3.44. The van der Waals surface area contributed by atoms with E-state index in [-0.39, 0.29) is 18.0 Å². The molecule has 1 amide bonds. The van der Waals surface area contributed by atoms with E-state index in [1.807, 2.05) is 43.3 Å². The molecule has 0 radical (unpaired) electrons. The van der Waals surface area contributed by atoms with Gasteiger partial charge in [0.2, 0.25) is 5.91 Å². The molecule has 0 spiro atoms. The van der Waals surface area contributed by atoms with E-state index in [4.69, 9.17) is 4.74 Å². The van der Waals surface area contributed by atoms with Gasteiger partial charge in [0.25, 0.3) is 0 Å². The van der Waals surface area contributed by atoms with E-state index in [9.17, 15) is 4.79 Å². The number of pyridine rings is 1. The van der Waals surface area contributed by atoms with Gasteiger partial charge in [0, 0.05) is 12.2 Å². The SMILES string of the molecule is COc1cccc(CC(=O)N[C@H](C)c2nc3cccnc3n2C(C)C)c1. The fourth-order valence-corrected chi connectivity index (χ4v) is 3.09. The number of fused-ring (bicyclic) bond motifs is 1. The number of nitrogens with zero attached hydrogens (tertiary/aromatic N) is 3. The first-order valence-electron chi connectivity index (χ1n) is 8.74. The molecule has 6 heteroatoms. The van der Waals surface area contributed by atoms with Gasteiger partial charge in [-0.25, -0.2) is 9.97 Å². The van der Waals surface area contributed by atoms with Crippen molar-refractivity contribution in [1.82, 2.24) is 19.9 Å². The van der Waals surface area contributed by atoms with Gasteiger partial charge in [-0.15, -0.1) is 0 Å². The third-order valence-corrected chi connectivity index (χ3v) is 4.26.